The van der Waals surface area contributed by atoms with Gasteiger partial charge in [-0.25, -0.2) is 4.99 Å². The minimum absolute atomic E-state index is 0.0155. The van der Waals surface area contributed by atoms with Crippen LogP contribution in [0.3, 0.4) is 0 Å². The van der Waals surface area contributed by atoms with Crippen molar-refractivity contribution < 1.29 is 9.90 Å². The highest BCUT2D eigenvalue weighted by molar-refractivity contribution is 8.18. The van der Waals surface area contributed by atoms with Crippen LogP contribution in [0.2, 0.25) is 0 Å². The maximum atomic E-state index is 13.3. The summed E-state index contributed by atoms with van der Waals surface area (Å²) < 4.78 is 0. The molecule has 0 bridgehead atoms. The Hall–Kier alpha value is -2.53. The number of amides is 1. The summed E-state index contributed by atoms with van der Waals surface area (Å²) in [7, 11) is 0. The molecule has 28 heavy (non-hydrogen) atoms. The molecule has 2 aliphatic rings. The molecule has 1 saturated carbocycles. The number of hydrogen-bond donors (Lipinski definition) is 1. The first-order valence-corrected chi connectivity index (χ1v) is 10.6. The van der Waals surface area contributed by atoms with Crippen molar-refractivity contribution in [3.05, 3.63) is 65.1 Å². The average Bonchev–Trinajstić information content (AvgIpc) is 2.98. The topological polar surface area (TPSA) is 52.9 Å². The highest BCUT2D eigenvalue weighted by Gasteiger charge is 2.41. The van der Waals surface area contributed by atoms with Gasteiger partial charge in [-0.1, -0.05) is 50.1 Å². The van der Waals surface area contributed by atoms with Gasteiger partial charge < -0.3 is 5.11 Å². The molecule has 5 heteroatoms. The lowest BCUT2D eigenvalue weighted by molar-refractivity contribution is -0.124. The number of hydrogen-bond acceptors (Lipinski definition) is 4. The molecule has 144 valence electrons. The SMILES string of the molecule is C[C@H]1CCCC[C@H]1N1C(=O)/C(=C/c2cccc(O)c2)SC1=Nc1ccccc1. The van der Waals surface area contributed by atoms with Crippen molar-refractivity contribution in [2.45, 2.75) is 38.6 Å². The molecular formula is C23H24N2O2S. The quantitative estimate of drug-likeness (QED) is 0.694. The lowest BCUT2D eigenvalue weighted by Crippen LogP contribution is -2.44. The molecular weight excluding hydrogens is 368 g/mol. The van der Waals surface area contributed by atoms with Crippen LogP contribution >= 0.6 is 11.8 Å². The lowest BCUT2D eigenvalue weighted by atomic mass is 9.85. The highest BCUT2D eigenvalue weighted by Crippen LogP contribution is 2.40. The van der Waals surface area contributed by atoms with Gasteiger partial charge >= 0.3 is 0 Å². The first-order chi connectivity index (χ1) is 13.6. The first-order valence-electron chi connectivity index (χ1n) is 9.78. The second-order valence-electron chi connectivity index (χ2n) is 7.44. The fourth-order valence-corrected chi connectivity index (χ4v) is 4.96. The van der Waals surface area contributed by atoms with Gasteiger partial charge in [0.2, 0.25) is 0 Å². The van der Waals surface area contributed by atoms with Crippen molar-refractivity contribution in [3.63, 3.8) is 0 Å². The Balaban J connectivity index is 1.72. The van der Waals surface area contributed by atoms with Crippen molar-refractivity contribution >= 4 is 34.6 Å². The largest absolute Gasteiger partial charge is 0.508 e. The molecule has 2 aromatic carbocycles. The van der Waals surface area contributed by atoms with E-state index in [-0.39, 0.29) is 17.7 Å². The monoisotopic (exact) mass is 392 g/mol. The van der Waals surface area contributed by atoms with Crippen LogP contribution in [-0.4, -0.2) is 27.1 Å². The fourth-order valence-electron chi connectivity index (χ4n) is 3.92. The van der Waals surface area contributed by atoms with E-state index >= 15 is 0 Å². The number of para-hydroxylation sites is 1. The minimum Gasteiger partial charge on any atom is -0.508 e. The van der Waals surface area contributed by atoms with Crippen LogP contribution in [0.1, 0.15) is 38.2 Å². The number of rotatable bonds is 3. The van der Waals surface area contributed by atoms with Crippen molar-refractivity contribution in [2.75, 3.05) is 0 Å². The van der Waals surface area contributed by atoms with Crippen molar-refractivity contribution in [3.8, 4) is 5.75 Å². The van der Waals surface area contributed by atoms with Crippen LogP contribution in [0.15, 0.2) is 64.5 Å². The predicted octanol–water partition coefficient (Wildman–Crippen LogP) is 5.57. The molecule has 1 aliphatic carbocycles. The maximum absolute atomic E-state index is 13.3. The molecule has 1 N–H and O–H groups in total. The molecule has 1 saturated heterocycles. The molecule has 0 spiro atoms. The molecule has 4 rings (SSSR count). The number of nitrogens with zero attached hydrogens (tertiary/aromatic N) is 2. The highest BCUT2D eigenvalue weighted by atomic mass is 32.2. The summed E-state index contributed by atoms with van der Waals surface area (Å²) in [6.45, 7) is 2.23. The van der Waals surface area contributed by atoms with Gasteiger partial charge in [0.1, 0.15) is 5.75 Å². The molecule has 1 aliphatic heterocycles. The van der Waals surface area contributed by atoms with Gasteiger partial charge in [-0.05, 0) is 66.4 Å². The van der Waals surface area contributed by atoms with Crippen LogP contribution in [-0.2, 0) is 4.79 Å². The van der Waals surface area contributed by atoms with E-state index in [1.165, 1.54) is 18.2 Å². The Morgan fingerprint density at radius 3 is 2.64 bits per heavy atom. The van der Waals surface area contributed by atoms with Gasteiger partial charge in [0.15, 0.2) is 5.17 Å². The lowest BCUT2D eigenvalue weighted by Gasteiger charge is -2.35. The number of carbonyl (C=O) groups excluding carboxylic acids is 1. The van der Waals surface area contributed by atoms with Gasteiger partial charge in [0, 0.05) is 6.04 Å². The van der Waals surface area contributed by atoms with Crippen molar-refractivity contribution in [1.29, 1.82) is 0 Å². The Labute approximate surface area is 170 Å². The number of aromatic hydroxyl groups is 1. The molecule has 0 radical (unpaired) electrons. The minimum atomic E-state index is 0.0155. The van der Waals surface area contributed by atoms with Crippen LogP contribution in [0.5, 0.6) is 5.75 Å². The molecule has 1 amide bonds. The third kappa shape index (κ3) is 3.99. The summed E-state index contributed by atoms with van der Waals surface area (Å²) in [5.41, 5.74) is 1.67. The van der Waals surface area contributed by atoms with E-state index < -0.39 is 0 Å². The Morgan fingerprint density at radius 1 is 1.11 bits per heavy atom. The van der Waals surface area contributed by atoms with Gasteiger partial charge in [-0.3, -0.25) is 9.69 Å². The molecule has 2 fully saturated rings. The van der Waals surface area contributed by atoms with E-state index in [2.05, 4.69) is 6.92 Å². The third-order valence-corrected chi connectivity index (χ3v) is 6.37. The number of phenols is 1. The van der Waals surface area contributed by atoms with E-state index in [9.17, 15) is 9.90 Å². The summed E-state index contributed by atoms with van der Waals surface area (Å²) in [5.74, 6) is 0.668. The van der Waals surface area contributed by atoms with Gasteiger partial charge in [-0.15, -0.1) is 0 Å². The molecule has 2 atom stereocenters. The van der Waals surface area contributed by atoms with Crippen LogP contribution in [0.25, 0.3) is 6.08 Å². The molecule has 1 heterocycles. The van der Waals surface area contributed by atoms with Gasteiger partial charge in [0.05, 0.1) is 10.6 Å². The number of phenolic OH excluding ortho intramolecular Hbond substituents is 1. The normalized spacial score (nSPS) is 25.6. The second-order valence-corrected chi connectivity index (χ2v) is 8.45. The number of thioether (sulfide) groups is 1. The Kier molecular flexibility index (Phi) is 5.53. The molecule has 0 aromatic heterocycles. The predicted molar refractivity (Wildman–Crippen MR) is 115 cm³/mol. The molecule has 2 aromatic rings. The number of aliphatic imine (C=N–C) groups is 1. The molecule has 4 nitrogen and oxygen atoms in total. The zero-order valence-corrected chi connectivity index (χ0v) is 16.7. The summed E-state index contributed by atoms with van der Waals surface area (Å²) >= 11 is 1.42. The van der Waals surface area contributed by atoms with Crippen molar-refractivity contribution in [2.24, 2.45) is 10.9 Å². The summed E-state index contributed by atoms with van der Waals surface area (Å²) in [6.07, 6.45) is 6.38. The van der Waals surface area contributed by atoms with Crippen molar-refractivity contribution in [1.82, 2.24) is 4.90 Å². The summed E-state index contributed by atoms with van der Waals surface area (Å²) in [6, 6.07) is 16.9. The third-order valence-electron chi connectivity index (χ3n) is 5.38. The molecule has 0 unspecified atom stereocenters. The van der Waals surface area contributed by atoms with Crippen LogP contribution in [0.4, 0.5) is 5.69 Å². The summed E-state index contributed by atoms with van der Waals surface area (Å²) in [5, 5.41) is 10.5. The van der Waals surface area contributed by atoms with E-state index in [0.29, 0.717) is 10.8 Å². The van der Waals surface area contributed by atoms with Crippen LogP contribution < -0.4 is 0 Å². The number of benzene rings is 2. The van der Waals surface area contributed by atoms with E-state index in [0.717, 1.165) is 35.7 Å². The first kappa shape index (κ1) is 18.8. The maximum Gasteiger partial charge on any atom is 0.267 e. The van der Waals surface area contributed by atoms with Crippen LogP contribution in [0, 0.1) is 5.92 Å². The van der Waals surface area contributed by atoms with Gasteiger partial charge in [-0.2, -0.15) is 0 Å². The van der Waals surface area contributed by atoms with E-state index in [1.807, 2.05) is 47.4 Å². The smallest absolute Gasteiger partial charge is 0.267 e. The standard InChI is InChI=1S/C23H24N2O2S/c1-16-8-5-6-13-20(16)25-22(27)21(15-17-9-7-12-19(26)14-17)28-23(25)24-18-10-3-2-4-11-18/h2-4,7,9-12,14-16,20,26H,5-6,8,13H2,1H3/b21-15-,24-23?/t16-,20+/m0/s1. The van der Waals surface area contributed by atoms with Gasteiger partial charge in [0.25, 0.3) is 5.91 Å². The summed E-state index contributed by atoms with van der Waals surface area (Å²) in [4.78, 5) is 20.7. The van der Waals surface area contributed by atoms with E-state index in [1.54, 1.807) is 18.2 Å². The zero-order chi connectivity index (χ0) is 19.5. The Bertz CT molecular complexity index is 923. The number of amidine groups is 1. The number of carbonyl (C=O) groups is 1. The fraction of sp³-hybridized carbons (Fsp3) is 0.304. The Morgan fingerprint density at radius 2 is 1.89 bits per heavy atom. The second kappa shape index (κ2) is 8.23. The zero-order valence-electron chi connectivity index (χ0n) is 15.9. The average molecular weight is 393 g/mol. The van der Waals surface area contributed by atoms with E-state index in [4.69, 9.17) is 4.99 Å².